The zero-order valence-electron chi connectivity index (χ0n) is 16.2. The zero-order valence-corrected chi connectivity index (χ0v) is 16.2. The summed E-state index contributed by atoms with van der Waals surface area (Å²) in [6, 6.07) is 7.85. The van der Waals surface area contributed by atoms with Gasteiger partial charge < -0.3 is 15.0 Å². The van der Waals surface area contributed by atoms with Crippen LogP contribution in [0.25, 0.3) is 16.9 Å². The quantitative estimate of drug-likeness (QED) is 0.534. The molecule has 0 fully saturated rings. The number of rotatable bonds is 7. The number of nitrogens with one attached hydrogen (secondary N) is 1. The van der Waals surface area contributed by atoms with Crippen molar-refractivity contribution in [3.05, 3.63) is 55.2 Å². The molecule has 0 spiro atoms. The highest BCUT2D eigenvalue weighted by Gasteiger charge is 2.11. The molecule has 0 bridgehead atoms. The van der Waals surface area contributed by atoms with Crippen LogP contribution in [0.1, 0.15) is 0 Å². The summed E-state index contributed by atoms with van der Waals surface area (Å²) in [6.45, 7) is 1.54. The van der Waals surface area contributed by atoms with Gasteiger partial charge in [-0.05, 0) is 38.4 Å². The third kappa shape index (κ3) is 3.81. The number of imidazole rings is 1. The molecule has 8 heteroatoms. The van der Waals surface area contributed by atoms with Gasteiger partial charge in [0.15, 0.2) is 11.5 Å². The highest BCUT2D eigenvalue weighted by atomic mass is 16.5. The van der Waals surface area contributed by atoms with Gasteiger partial charge >= 0.3 is 0 Å². The lowest BCUT2D eigenvalue weighted by Crippen LogP contribution is -2.19. The standard InChI is InChI=1S/C20H23N7O/c1-25(2)10-11-28-17-6-4-16(5-7-17)24-19-20-22-13-18(27(20)9-8-21-19)15-12-23-26(3)14-15/h4-9,12-14H,10-11H2,1-3H3,(H,21,24). The number of ether oxygens (including phenoxy) is 1. The predicted octanol–water partition coefficient (Wildman–Crippen LogP) is 2.81. The van der Waals surface area contributed by atoms with Crippen molar-refractivity contribution in [1.29, 1.82) is 0 Å². The van der Waals surface area contributed by atoms with Crippen molar-refractivity contribution in [2.75, 3.05) is 32.6 Å². The van der Waals surface area contributed by atoms with E-state index >= 15 is 0 Å². The van der Waals surface area contributed by atoms with Crippen molar-refractivity contribution in [2.24, 2.45) is 7.05 Å². The van der Waals surface area contributed by atoms with Crippen LogP contribution in [0.2, 0.25) is 0 Å². The van der Waals surface area contributed by atoms with Gasteiger partial charge in [0, 0.05) is 43.4 Å². The number of benzene rings is 1. The van der Waals surface area contributed by atoms with Crippen LogP contribution in [-0.4, -0.2) is 56.3 Å². The number of anilines is 2. The van der Waals surface area contributed by atoms with Gasteiger partial charge in [-0.3, -0.25) is 9.08 Å². The van der Waals surface area contributed by atoms with E-state index in [-0.39, 0.29) is 0 Å². The monoisotopic (exact) mass is 377 g/mol. The zero-order chi connectivity index (χ0) is 19.5. The summed E-state index contributed by atoms with van der Waals surface area (Å²) >= 11 is 0. The maximum Gasteiger partial charge on any atom is 0.180 e. The van der Waals surface area contributed by atoms with Gasteiger partial charge in [0.25, 0.3) is 0 Å². The molecule has 3 heterocycles. The molecule has 0 aliphatic rings. The van der Waals surface area contributed by atoms with Crippen LogP contribution in [0.4, 0.5) is 11.5 Å². The Morgan fingerprint density at radius 3 is 2.64 bits per heavy atom. The van der Waals surface area contributed by atoms with Gasteiger partial charge in [-0.15, -0.1) is 0 Å². The van der Waals surface area contributed by atoms with Gasteiger partial charge in [-0.25, -0.2) is 9.97 Å². The third-order valence-corrected chi connectivity index (χ3v) is 4.35. The van der Waals surface area contributed by atoms with Gasteiger partial charge in [0.05, 0.1) is 18.1 Å². The molecule has 144 valence electrons. The van der Waals surface area contributed by atoms with E-state index in [0.29, 0.717) is 12.4 Å². The largest absolute Gasteiger partial charge is 0.492 e. The van der Waals surface area contributed by atoms with Crippen LogP contribution in [0.3, 0.4) is 0 Å². The molecule has 0 aliphatic carbocycles. The first kappa shape index (κ1) is 18.0. The summed E-state index contributed by atoms with van der Waals surface area (Å²) in [5.74, 6) is 1.54. The molecule has 1 aromatic carbocycles. The number of nitrogens with zero attached hydrogens (tertiary/aromatic N) is 6. The highest BCUT2D eigenvalue weighted by Crippen LogP contribution is 2.25. The first-order chi connectivity index (χ1) is 13.6. The second-order valence-corrected chi connectivity index (χ2v) is 6.82. The van der Waals surface area contributed by atoms with E-state index in [1.165, 1.54) is 0 Å². The topological polar surface area (TPSA) is 72.5 Å². The smallest absolute Gasteiger partial charge is 0.180 e. The molecule has 0 atom stereocenters. The minimum atomic E-state index is 0.659. The van der Waals surface area contributed by atoms with Crippen molar-refractivity contribution in [1.82, 2.24) is 29.0 Å². The summed E-state index contributed by atoms with van der Waals surface area (Å²) < 4.78 is 9.52. The fourth-order valence-electron chi connectivity index (χ4n) is 2.89. The fraction of sp³-hybridized carbons (Fsp3) is 0.250. The van der Waals surface area contributed by atoms with Crippen molar-refractivity contribution in [2.45, 2.75) is 0 Å². The summed E-state index contributed by atoms with van der Waals surface area (Å²) in [5, 5.41) is 7.58. The Kier molecular flexibility index (Phi) is 4.94. The third-order valence-electron chi connectivity index (χ3n) is 4.35. The Labute approximate surface area is 163 Å². The molecule has 8 nitrogen and oxygen atoms in total. The maximum atomic E-state index is 5.74. The molecular formula is C20H23N7O. The van der Waals surface area contributed by atoms with E-state index in [2.05, 4.69) is 25.3 Å². The van der Waals surface area contributed by atoms with Crippen molar-refractivity contribution < 1.29 is 4.74 Å². The van der Waals surface area contributed by atoms with E-state index < -0.39 is 0 Å². The Balaban J connectivity index is 1.53. The van der Waals surface area contributed by atoms with Gasteiger partial charge in [0.1, 0.15) is 12.4 Å². The summed E-state index contributed by atoms with van der Waals surface area (Å²) in [4.78, 5) is 11.1. The predicted molar refractivity (Wildman–Crippen MR) is 109 cm³/mol. The van der Waals surface area contributed by atoms with Crippen LogP contribution in [0, 0.1) is 0 Å². The summed E-state index contributed by atoms with van der Waals surface area (Å²) in [6.07, 6.45) is 9.28. The minimum Gasteiger partial charge on any atom is -0.492 e. The molecule has 4 rings (SSSR count). The first-order valence-electron chi connectivity index (χ1n) is 9.06. The van der Waals surface area contributed by atoms with Crippen LogP contribution < -0.4 is 10.1 Å². The number of hydrogen-bond acceptors (Lipinski definition) is 6. The number of hydrogen-bond donors (Lipinski definition) is 1. The molecule has 0 amide bonds. The molecule has 28 heavy (non-hydrogen) atoms. The van der Waals surface area contributed by atoms with Gasteiger partial charge in [-0.2, -0.15) is 5.10 Å². The highest BCUT2D eigenvalue weighted by molar-refractivity contribution is 5.74. The number of likely N-dealkylation sites (N-methyl/N-ethyl adjacent to an activating group) is 1. The lowest BCUT2D eigenvalue weighted by Gasteiger charge is -2.12. The number of aryl methyl sites for hydroxylation is 1. The van der Waals surface area contributed by atoms with Crippen molar-refractivity contribution >= 4 is 17.2 Å². The molecule has 3 aromatic heterocycles. The SMILES string of the molecule is CN(C)CCOc1ccc(Nc2nccn3c(-c4cnn(C)c4)cnc23)cc1. The van der Waals surface area contributed by atoms with Crippen LogP contribution >= 0.6 is 0 Å². The van der Waals surface area contributed by atoms with E-state index in [9.17, 15) is 0 Å². The van der Waals surface area contributed by atoms with Crippen LogP contribution in [-0.2, 0) is 7.05 Å². The van der Waals surface area contributed by atoms with E-state index in [4.69, 9.17) is 4.74 Å². The summed E-state index contributed by atoms with van der Waals surface area (Å²) in [5.41, 5.74) is 3.66. The Morgan fingerprint density at radius 2 is 1.93 bits per heavy atom. The Morgan fingerprint density at radius 1 is 1.11 bits per heavy atom. The lowest BCUT2D eigenvalue weighted by atomic mass is 10.3. The van der Waals surface area contributed by atoms with Crippen LogP contribution in [0.5, 0.6) is 5.75 Å². The lowest BCUT2D eigenvalue weighted by molar-refractivity contribution is 0.261. The van der Waals surface area contributed by atoms with E-state index in [1.807, 2.05) is 74.6 Å². The maximum absolute atomic E-state index is 5.74. The van der Waals surface area contributed by atoms with E-state index in [1.54, 1.807) is 10.9 Å². The summed E-state index contributed by atoms with van der Waals surface area (Å²) in [7, 11) is 5.95. The first-order valence-corrected chi connectivity index (χ1v) is 9.06. The van der Waals surface area contributed by atoms with Crippen molar-refractivity contribution in [3.8, 4) is 17.0 Å². The molecule has 0 radical (unpaired) electrons. The van der Waals surface area contributed by atoms with E-state index in [0.717, 1.165) is 34.9 Å². The molecule has 1 N–H and O–H groups in total. The second-order valence-electron chi connectivity index (χ2n) is 6.82. The molecule has 0 saturated carbocycles. The molecule has 0 saturated heterocycles. The molecular weight excluding hydrogens is 354 g/mol. The normalized spacial score (nSPS) is 11.3. The Bertz CT molecular complexity index is 1070. The van der Waals surface area contributed by atoms with Gasteiger partial charge in [0.2, 0.25) is 0 Å². The minimum absolute atomic E-state index is 0.659. The molecule has 0 unspecified atom stereocenters. The number of fused-ring (bicyclic) bond motifs is 1. The Hall–Kier alpha value is -3.39. The second kappa shape index (κ2) is 7.69. The average Bonchev–Trinajstić information content (AvgIpc) is 3.29. The number of aromatic nitrogens is 5. The molecule has 4 aromatic rings. The average molecular weight is 377 g/mol. The molecule has 0 aliphatic heterocycles. The van der Waals surface area contributed by atoms with Crippen molar-refractivity contribution in [3.63, 3.8) is 0 Å². The van der Waals surface area contributed by atoms with Gasteiger partial charge in [-0.1, -0.05) is 0 Å². The fourth-order valence-corrected chi connectivity index (χ4v) is 2.89. The van der Waals surface area contributed by atoms with Crippen LogP contribution in [0.15, 0.2) is 55.2 Å².